The van der Waals surface area contributed by atoms with E-state index >= 15 is 0 Å². The number of hydrogen-bond donors (Lipinski definition) is 0. The van der Waals surface area contributed by atoms with Crippen LogP contribution in [-0.4, -0.2) is 14.5 Å². The normalized spacial score (nSPS) is 15.6. The largest absolute Gasteiger partial charge is 0.276 e. The van der Waals surface area contributed by atoms with E-state index in [0.29, 0.717) is 5.92 Å². The van der Waals surface area contributed by atoms with E-state index in [1.54, 1.807) is 11.3 Å². The van der Waals surface area contributed by atoms with Crippen molar-refractivity contribution >= 4 is 90.5 Å². The number of fused-ring (bicyclic) bond motifs is 10. The molecular formula is C36H23N3S2. The lowest BCUT2D eigenvalue weighted by molar-refractivity contribution is 0.942. The van der Waals surface area contributed by atoms with E-state index in [1.165, 1.54) is 46.5 Å². The van der Waals surface area contributed by atoms with Gasteiger partial charge in [-0.25, -0.2) is 9.97 Å². The molecule has 1 unspecified atom stereocenters. The van der Waals surface area contributed by atoms with E-state index in [0.717, 1.165) is 32.9 Å². The van der Waals surface area contributed by atoms with E-state index in [1.807, 2.05) is 11.3 Å². The molecule has 0 amide bonds. The number of allylic oxidation sites excluding steroid dienone is 6. The van der Waals surface area contributed by atoms with Crippen LogP contribution >= 0.6 is 22.7 Å². The maximum absolute atomic E-state index is 5.44. The van der Waals surface area contributed by atoms with Crippen LogP contribution in [0.2, 0.25) is 0 Å². The van der Waals surface area contributed by atoms with Crippen LogP contribution in [0.15, 0.2) is 115 Å². The van der Waals surface area contributed by atoms with Gasteiger partial charge in [-0.1, -0.05) is 104 Å². The van der Waals surface area contributed by atoms with E-state index in [4.69, 9.17) is 9.97 Å². The highest BCUT2D eigenvalue weighted by Crippen LogP contribution is 2.44. The van der Waals surface area contributed by atoms with Gasteiger partial charge in [-0.15, -0.1) is 22.7 Å². The number of thiophene rings is 2. The zero-order chi connectivity index (χ0) is 27.1. The van der Waals surface area contributed by atoms with Gasteiger partial charge in [-0.05, 0) is 29.7 Å². The lowest BCUT2D eigenvalue weighted by Crippen LogP contribution is -2.04. The molecule has 0 radical (unpaired) electrons. The number of nitrogens with zero attached hydrogens (tertiary/aromatic N) is 3. The molecule has 5 heteroatoms. The minimum Gasteiger partial charge on any atom is -0.276 e. The Morgan fingerprint density at radius 3 is 2.29 bits per heavy atom. The topological polar surface area (TPSA) is 30.7 Å². The van der Waals surface area contributed by atoms with Gasteiger partial charge in [0.15, 0.2) is 0 Å². The first-order valence-corrected chi connectivity index (χ1v) is 15.5. The molecule has 0 fully saturated rings. The van der Waals surface area contributed by atoms with Crippen molar-refractivity contribution in [2.75, 3.05) is 0 Å². The maximum Gasteiger partial charge on any atom is 0.236 e. The van der Waals surface area contributed by atoms with Gasteiger partial charge in [0.25, 0.3) is 0 Å². The van der Waals surface area contributed by atoms with Crippen LogP contribution in [0.4, 0.5) is 0 Å². The number of rotatable bonds is 2. The zero-order valence-corrected chi connectivity index (χ0v) is 23.8. The molecule has 9 rings (SSSR count). The molecule has 1 aliphatic carbocycles. The van der Waals surface area contributed by atoms with Crippen LogP contribution in [0.5, 0.6) is 0 Å². The average Bonchev–Trinajstić information content (AvgIpc) is 3.62. The summed E-state index contributed by atoms with van der Waals surface area (Å²) in [6.45, 7) is 2.22. The minimum absolute atomic E-state index is 0.310. The molecule has 1 atom stereocenters. The number of aromatic nitrogens is 3. The summed E-state index contributed by atoms with van der Waals surface area (Å²) < 4.78 is 6.10. The van der Waals surface area contributed by atoms with Crippen molar-refractivity contribution in [1.29, 1.82) is 0 Å². The molecule has 41 heavy (non-hydrogen) atoms. The van der Waals surface area contributed by atoms with E-state index < -0.39 is 0 Å². The Morgan fingerprint density at radius 1 is 0.683 bits per heavy atom. The fourth-order valence-electron chi connectivity index (χ4n) is 6.31. The molecule has 3 nitrogen and oxygen atoms in total. The fraction of sp³-hybridized carbons (Fsp3) is 0.0556. The van der Waals surface area contributed by atoms with Gasteiger partial charge in [0, 0.05) is 41.7 Å². The Bertz CT molecular complexity index is 2450. The molecule has 8 aromatic rings. The summed E-state index contributed by atoms with van der Waals surface area (Å²) in [4.78, 5) is 11.8. The molecule has 4 aromatic heterocycles. The lowest BCUT2D eigenvalue weighted by atomic mass is 10.0. The lowest BCUT2D eigenvalue weighted by Gasteiger charge is -2.11. The van der Waals surface area contributed by atoms with Crippen LogP contribution in [0, 0.1) is 5.92 Å². The highest BCUT2D eigenvalue weighted by Gasteiger charge is 2.22. The third kappa shape index (κ3) is 3.37. The van der Waals surface area contributed by atoms with Gasteiger partial charge >= 0.3 is 0 Å². The Balaban J connectivity index is 1.46. The molecule has 0 bridgehead atoms. The summed E-state index contributed by atoms with van der Waals surface area (Å²) >= 11 is 3.60. The third-order valence-corrected chi connectivity index (χ3v) is 10.4. The fourth-order valence-corrected chi connectivity index (χ4v) is 8.62. The smallest absolute Gasteiger partial charge is 0.236 e. The first-order valence-electron chi connectivity index (χ1n) is 13.8. The summed E-state index contributed by atoms with van der Waals surface area (Å²) in [5, 5.41) is 7.36. The summed E-state index contributed by atoms with van der Waals surface area (Å²) in [5.41, 5.74) is 4.42. The van der Waals surface area contributed by atoms with Gasteiger partial charge in [0.2, 0.25) is 5.95 Å². The van der Waals surface area contributed by atoms with E-state index in [-0.39, 0.29) is 0 Å². The van der Waals surface area contributed by atoms with Gasteiger partial charge in [0.1, 0.15) is 4.83 Å². The quantitative estimate of drug-likeness (QED) is 0.210. The average molecular weight is 562 g/mol. The van der Waals surface area contributed by atoms with Crippen molar-refractivity contribution in [1.82, 2.24) is 14.5 Å². The molecular weight excluding hydrogens is 539 g/mol. The zero-order valence-electron chi connectivity index (χ0n) is 22.2. The molecule has 0 saturated heterocycles. The predicted octanol–water partition coefficient (Wildman–Crippen LogP) is 10.5. The van der Waals surface area contributed by atoms with Crippen LogP contribution in [-0.2, 0) is 0 Å². The summed E-state index contributed by atoms with van der Waals surface area (Å²) in [5.74, 6) is 1.03. The number of para-hydroxylation sites is 1. The molecule has 4 aromatic carbocycles. The maximum atomic E-state index is 5.44. The number of benzene rings is 4. The van der Waals surface area contributed by atoms with Crippen molar-refractivity contribution in [2.24, 2.45) is 5.92 Å². The standard InChI is InChI=1S/C36H23N3S2/c1-21-10-2-3-11-22(20-21)32-31-27-14-6-9-17-30(27)41-35(31)38-36(37-32)39-28-15-7-4-12-23(28)25-18-19-26-24-13-5-8-16-29(24)40-34(26)33(25)39/h2-21H,1H3. The predicted molar refractivity (Wildman–Crippen MR) is 178 cm³/mol. The van der Waals surface area contributed by atoms with Gasteiger partial charge < -0.3 is 0 Å². The second-order valence-corrected chi connectivity index (χ2v) is 12.7. The minimum atomic E-state index is 0.310. The SMILES string of the molecule is CC1C=CC=CC(c2nc(-n3c4ccccc4c4ccc5c6ccccc6sc5c43)nc3sc4ccccc4c23)=C1. The Labute approximate surface area is 244 Å². The van der Waals surface area contributed by atoms with Crippen LogP contribution in [0.25, 0.3) is 73.8 Å². The highest BCUT2D eigenvalue weighted by molar-refractivity contribution is 7.26. The molecule has 4 heterocycles. The third-order valence-electron chi connectivity index (χ3n) is 8.12. The van der Waals surface area contributed by atoms with Gasteiger partial charge in [-0.2, -0.15) is 0 Å². The monoisotopic (exact) mass is 561 g/mol. The van der Waals surface area contributed by atoms with Crippen molar-refractivity contribution in [3.05, 3.63) is 121 Å². The van der Waals surface area contributed by atoms with Crippen LogP contribution in [0.1, 0.15) is 12.6 Å². The van der Waals surface area contributed by atoms with Crippen molar-refractivity contribution in [2.45, 2.75) is 6.92 Å². The Hall–Kier alpha value is -4.58. The van der Waals surface area contributed by atoms with Crippen LogP contribution in [0.3, 0.4) is 0 Å². The van der Waals surface area contributed by atoms with Crippen molar-refractivity contribution in [3.8, 4) is 5.95 Å². The second kappa shape index (κ2) is 8.71. The van der Waals surface area contributed by atoms with E-state index in [2.05, 4.69) is 127 Å². The van der Waals surface area contributed by atoms with Crippen molar-refractivity contribution < 1.29 is 0 Å². The first-order chi connectivity index (χ1) is 20.2. The Kier molecular flexibility index (Phi) is 4.92. The molecule has 0 saturated carbocycles. The van der Waals surface area contributed by atoms with Gasteiger partial charge in [-0.3, -0.25) is 4.57 Å². The summed E-state index contributed by atoms with van der Waals surface area (Å²) in [7, 11) is 0. The highest BCUT2D eigenvalue weighted by atomic mass is 32.1. The first kappa shape index (κ1) is 23.2. The van der Waals surface area contributed by atoms with Crippen LogP contribution < -0.4 is 0 Å². The molecule has 0 N–H and O–H groups in total. The summed E-state index contributed by atoms with van der Waals surface area (Å²) in [6, 6.07) is 30.5. The molecule has 0 spiro atoms. The second-order valence-electron chi connectivity index (χ2n) is 10.7. The molecule has 194 valence electrons. The molecule has 0 aliphatic heterocycles. The number of hydrogen-bond acceptors (Lipinski definition) is 4. The van der Waals surface area contributed by atoms with E-state index in [9.17, 15) is 0 Å². The Morgan fingerprint density at radius 2 is 1.41 bits per heavy atom. The van der Waals surface area contributed by atoms with Gasteiger partial charge in [0.05, 0.1) is 21.4 Å². The molecule has 1 aliphatic rings. The summed E-state index contributed by atoms with van der Waals surface area (Å²) in [6.07, 6.45) is 11.0. The van der Waals surface area contributed by atoms with Crippen molar-refractivity contribution in [3.63, 3.8) is 0 Å².